The van der Waals surface area contributed by atoms with Gasteiger partial charge in [-0.3, -0.25) is 9.36 Å². The molecule has 9 heteroatoms. The summed E-state index contributed by atoms with van der Waals surface area (Å²) in [6, 6.07) is 15.3. The standard InChI is InChI=1S/C24H20Cl2N4OS2/c1-3-12-30-23(17-13-32-15(2)21(17)16-8-5-4-6-9-16)28-29-24(30)33-14-20(31)27-22-18(25)10-7-11-19(22)26/h3-11,13H,1,12,14H2,2H3,(H,27,31). The SMILES string of the molecule is C=CCn1c(SCC(=O)Nc2c(Cl)cccc2Cl)nnc1-c1csc(C)c1-c1ccccc1. The molecule has 2 heterocycles. The highest BCUT2D eigenvalue weighted by Gasteiger charge is 2.21. The molecule has 0 aliphatic heterocycles. The molecule has 0 fully saturated rings. The maximum atomic E-state index is 12.6. The third-order valence-electron chi connectivity index (χ3n) is 4.87. The molecule has 5 nitrogen and oxygen atoms in total. The van der Waals surface area contributed by atoms with Crippen LogP contribution in [0.4, 0.5) is 5.69 Å². The topological polar surface area (TPSA) is 59.8 Å². The average Bonchev–Trinajstić information content (AvgIpc) is 3.38. The number of nitrogens with zero attached hydrogens (tertiary/aromatic N) is 3. The molecule has 1 N–H and O–H groups in total. The van der Waals surface area contributed by atoms with Crippen molar-refractivity contribution in [3.05, 3.63) is 81.5 Å². The number of nitrogens with one attached hydrogen (secondary N) is 1. The molecule has 0 saturated heterocycles. The molecule has 0 radical (unpaired) electrons. The smallest absolute Gasteiger partial charge is 0.234 e. The van der Waals surface area contributed by atoms with Crippen LogP contribution >= 0.6 is 46.3 Å². The summed E-state index contributed by atoms with van der Waals surface area (Å²) in [5.74, 6) is 0.640. The van der Waals surface area contributed by atoms with Gasteiger partial charge in [0, 0.05) is 27.9 Å². The summed E-state index contributed by atoms with van der Waals surface area (Å²) < 4.78 is 1.97. The fraction of sp³-hybridized carbons (Fsp3) is 0.125. The number of para-hydroxylation sites is 1. The number of benzene rings is 2. The summed E-state index contributed by atoms with van der Waals surface area (Å²) in [4.78, 5) is 13.8. The lowest BCUT2D eigenvalue weighted by molar-refractivity contribution is -0.113. The lowest BCUT2D eigenvalue weighted by Crippen LogP contribution is -2.15. The largest absolute Gasteiger partial charge is 0.323 e. The zero-order chi connectivity index (χ0) is 23.4. The summed E-state index contributed by atoms with van der Waals surface area (Å²) >= 11 is 15.3. The lowest BCUT2D eigenvalue weighted by atomic mass is 10.0. The molecule has 0 atom stereocenters. The van der Waals surface area contributed by atoms with Crippen molar-refractivity contribution in [2.24, 2.45) is 0 Å². The summed E-state index contributed by atoms with van der Waals surface area (Å²) in [6.45, 7) is 6.50. The highest BCUT2D eigenvalue weighted by atomic mass is 35.5. The van der Waals surface area contributed by atoms with Crippen molar-refractivity contribution in [1.29, 1.82) is 0 Å². The van der Waals surface area contributed by atoms with Crippen LogP contribution in [0.15, 0.2) is 71.7 Å². The number of thioether (sulfide) groups is 1. The van der Waals surface area contributed by atoms with E-state index < -0.39 is 0 Å². The van der Waals surface area contributed by atoms with Crippen LogP contribution in [-0.4, -0.2) is 26.4 Å². The first kappa shape index (κ1) is 23.6. The zero-order valence-electron chi connectivity index (χ0n) is 17.7. The number of carbonyl (C=O) groups is 1. The second kappa shape index (κ2) is 10.6. The molecule has 4 rings (SSSR count). The van der Waals surface area contributed by atoms with Gasteiger partial charge in [0.15, 0.2) is 11.0 Å². The van der Waals surface area contributed by atoms with E-state index in [1.54, 1.807) is 35.6 Å². The molecule has 0 aliphatic carbocycles. The number of amides is 1. The van der Waals surface area contributed by atoms with Gasteiger partial charge in [-0.2, -0.15) is 0 Å². The normalized spacial score (nSPS) is 10.9. The van der Waals surface area contributed by atoms with Gasteiger partial charge in [-0.05, 0) is 24.6 Å². The van der Waals surface area contributed by atoms with E-state index in [9.17, 15) is 4.79 Å². The second-order valence-electron chi connectivity index (χ2n) is 7.09. The molecule has 0 aliphatic rings. The van der Waals surface area contributed by atoms with Crippen LogP contribution < -0.4 is 5.32 Å². The van der Waals surface area contributed by atoms with Crippen LogP contribution in [0.3, 0.4) is 0 Å². The van der Waals surface area contributed by atoms with Gasteiger partial charge in [0.25, 0.3) is 0 Å². The number of aromatic nitrogens is 3. The monoisotopic (exact) mass is 514 g/mol. The number of halogens is 2. The molecule has 1 amide bonds. The lowest BCUT2D eigenvalue weighted by Gasteiger charge is -2.10. The number of allylic oxidation sites excluding steroid dienone is 1. The molecule has 168 valence electrons. The molecule has 0 unspecified atom stereocenters. The number of hydrogen-bond donors (Lipinski definition) is 1. The molecule has 0 bridgehead atoms. The quantitative estimate of drug-likeness (QED) is 0.199. The van der Waals surface area contributed by atoms with Gasteiger partial charge >= 0.3 is 0 Å². The predicted octanol–water partition coefficient (Wildman–Crippen LogP) is 7.21. The number of thiophene rings is 1. The van der Waals surface area contributed by atoms with E-state index in [0.717, 1.165) is 22.5 Å². The number of hydrogen-bond acceptors (Lipinski definition) is 5. The van der Waals surface area contributed by atoms with Crippen LogP contribution in [0.25, 0.3) is 22.5 Å². The van der Waals surface area contributed by atoms with Crippen LogP contribution in [0.1, 0.15) is 4.88 Å². The zero-order valence-corrected chi connectivity index (χ0v) is 20.9. The minimum Gasteiger partial charge on any atom is -0.323 e. The van der Waals surface area contributed by atoms with Crippen molar-refractivity contribution in [3.8, 4) is 22.5 Å². The average molecular weight is 515 g/mol. The summed E-state index contributed by atoms with van der Waals surface area (Å²) in [5.41, 5.74) is 3.68. The second-order valence-corrected chi connectivity index (χ2v) is 9.93. The van der Waals surface area contributed by atoms with E-state index in [-0.39, 0.29) is 11.7 Å². The van der Waals surface area contributed by atoms with Crippen molar-refractivity contribution in [2.45, 2.75) is 18.6 Å². The van der Waals surface area contributed by atoms with Gasteiger partial charge < -0.3 is 5.32 Å². The number of aryl methyl sites for hydroxylation is 1. The Morgan fingerprint density at radius 1 is 1.15 bits per heavy atom. The molecule has 2 aromatic carbocycles. The van der Waals surface area contributed by atoms with Gasteiger partial charge in [-0.25, -0.2) is 0 Å². The Labute approximate surface area is 210 Å². The summed E-state index contributed by atoms with van der Waals surface area (Å²) in [7, 11) is 0. The van der Waals surface area contributed by atoms with Crippen LogP contribution in [0.5, 0.6) is 0 Å². The Kier molecular flexibility index (Phi) is 7.55. The molecule has 0 saturated carbocycles. The van der Waals surface area contributed by atoms with Crippen molar-refractivity contribution < 1.29 is 4.79 Å². The van der Waals surface area contributed by atoms with E-state index in [1.165, 1.54) is 16.6 Å². The van der Waals surface area contributed by atoms with Crippen molar-refractivity contribution in [2.75, 3.05) is 11.1 Å². The van der Waals surface area contributed by atoms with Crippen molar-refractivity contribution >= 4 is 57.9 Å². The number of carbonyl (C=O) groups excluding carboxylic acids is 1. The molecule has 4 aromatic rings. The van der Waals surface area contributed by atoms with Gasteiger partial charge in [0.05, 0.1) is 21.5 Å². The summed E-state index contributed by atoms with van der Waals surface area (Å²) in [5, 5.41) is 15.1. The molecule has 2 aromatic heterocycles. The Morgan fingerprint density at radius 3 is 2.58 bits per heavy atom. The van der Waals surface area contributed by atoms with Crippen LogP contribution in [-0.2, 0) is 11.3 Å². The highest BCUT2D eigenvalue weighted by Crippen LogP contribution is 2.39. The van der Waals surface area contributed by atoms with Crippen molar-refractivity contribution in [3.63, 3.8) is 0 Å². The molecular formula is C24H20Cl2N4OS2. The van der Waals surface area contributed by atoms with Crippen LogP contribution in [0, 0.1) is 6.92 Å². The van der Waals surface area contributed by atoms with Crippen LogP contribution in [0.2, 0.25) is 10.0 Å². The van der Waals surface area contributed by atoms with Gasteiger partial charge in [-0.15, -0.1) is 28.1 Å². The molecular weight excluding hydrogens is 495 g/mol. The third-order valence-corrected chi connectivity index (χ3v) is 7.37. The van der Waals surface area contributed by atoms with E-state index in [1.807, 2.05) is 22.8 Å². The van der Waals surface area contributed by atoms with Gasteiger partial charge in [-0.1, -0.05) is 77.4 Å². The highest BCUT2D eigenvalue weighted by molar-refractivity contribution is 7.99. The van der Waals surface area contributed by atoms with Crippen molar-refractivity contribution in [1.82, 2.24) is 14.8 Å². The first-order valence-electron chi connectivity index (χ1n) is 10.0. The first-order valence-corrected chi connectivity index (χ1v) is 12.7. The van der Waals surface area contributed by atoms with Gasteiger partial charge in [0.2, 0.25) is 5.91 Å². The van der Waals surface area contributed by atoms with E-state index in [0.29, 0.717) is 27.4 Å². The Bertz CT molecular complexity index is 1280. The minimum atomic E-state index is -0.235. The maximum absolute atomic E-state index is 12.6. The van der Waals surface area contributed by atoms with Gasteiger partial charge in [0.1, 0.15) is 0 Å². The molecule has 33 heavy (non-hydrogen) atoms. The first-order chi connectivity index (χ1) is 16.0. The Morgan fingerprint density at radius 2 is 1.88 bits per heavy atom. The fourth-order valence-corrected chi connectivity index (χ4v) is 5.50. The van der Waals surface area contributed by atoms with E-state index in [4.69, 9.17) is 23.2 Å². The predicted molar refractivity (Wildman–Crippen MR) is 140 cm³/mol. The molecule has 0 spiro atoms. The van der Waals surface area contributed by atoms with E-state index >= 15 is 0 Å². The minimum absolute atomic E-state index is 0.130. The fourth-order valence-electron chi connectivity index (χ4n) is 3.39. The summed E-state index contributed by atoms with van der Waals surface area (Å²) in [6.07, 6.45) is 1.79. The maximum Gasteiger partial charge on any atom is 0.234 e. The number of rotatable bonds is 8. The van der Waals surface area contributed by atoms with E-state index in [2.05, 4.69) is 46.5 Å². The Balaban J connectivity index is 1.59. The number of anilines is 1. The Hall–Kier alpha value is -2.58. The third kappa shape index (κ3) is 5.17.